The molecule has 2 heterocycles. The van der Waals surface area contributed by atoms with Gasteiger partial charge >= 0.3 is 0 Å². The highest BCUT2D eigenvalue weighted by atomic mass is 19.1. The van der Waals surface area contributed by atoms with Crippen LogP contribution in [0.4, 0.5) is 10.3 Å². The Kier molecular flexibility index (Phi) is 3.96. The molecule has 100 valence electrons. The highest BCUT2D eigenvalue weighted by Crippen LogP contribution is 2.19. The first-order valence-corrected chi connectivity index (χ1v) is 6.09. The molecule has 1 aliphatic rings. The molecule has 0 amide bonds. The van der Waals surface area contributed by atoms with Crippen molar-refractivity contribution in [2.24, 2.45) is 0 Å². The van der Waals surface area contributed by atoms with Crippen LogP contribution in [0.3, 0.4) is 0 Å². The highest BCUT2D eigenvalue weighted by molar-refractivity contribution is 5.31. The van der Waals surface area contributed by atoms with E-state index in [0.717, 1.165) is 19.3 Å². The zero-order chi connectivity index (χ0) is 13.1. The summed E-state index contributed by atoms with van der Waals surface area (Å²) in [5, 5.41) is 0. The van der Waals surface area contributed by atoms with Gasteiger partial charge in [0.25, 0.3) is 5.88 Å². The molecule has 0 radical (unpaired) electrons. The number of rotatable bonds is 4. The molecule has 0 unspecified atom stereocenters. The highest BCUT2D eigenvalue weighted by Gasteiger charge is 2.23. The first kappa shape index (κ1) is 13.0. The van der Waals surface area contributed by atoms with E-state index in [9.17, 15) is 4.39 Å². The fourth-order valence-electron chi connectivity index (χ4n) is 2.28. The smallest absolute Gasteiger partial charge is 0.255 e. The van der Waals surface area contributed by atoms with Crippen LogP contribution in [0.2, 0.25) is 0 Å². The number of hydrogen-bond acceptors (Lipinski definition) is 5. The van der Waals surface area contributed by atoms with E-state index < -0.39 is 5.82 Å². The van der Waals surface area contributed by atoms with Gasteiger partial charge in [-0.15, -0.1) is 0 Å². The molecule has 1 atom stereocenters. The molecule has 0 spiro atoms. The van der Waals surface area contributed by atoms with Crippen molar-refractivity contribution in [1.29, 1.82) is 0 Å². The minimum absolute atomic E-state index is 0.00775. The van der Waals surface area contributed by atoms with Crippen molar-refractivity contribution in [2.45, 2.75) is 18.9 Å². The van der Waals surface area contributed by atoms with Crippen molar-refractivity contribution < 1.29 is 9.13 Å². The number of ether oxygens (including phenoxy) is 1. The molecule has 5 nitrogen and oxygen atoms in total. The first-order valence-electron chi connectivity index (χ1n) is 6.09. The quantitative estimate of drug-likeness (QED) is 0.806. The van der Waals surface area contributed by atoms with Crippen molar-refractivity contribution in [3.8, 4) is 5.88 Å². The lowest BCUT2D eigenvalue weighted by atomic mass is 10.2. The van der Waals surface area contributed by atoms with Gasteiger partial charge in [0, 0.05) is 19.6 Å². The van der Waals surface area contributed by atoms with Crippen LogP contribution in [0.5, 0.6) is 5.88 Å². The van der Waals surface area contributed by atoms with Gasteiger partial charge in [-0.3, -0.25) is 0 Å². The van der Waals surface area contributed by atoms with E-state index in [1.165, 1.54) is 20.0 Å². The maximum Gasteiger partial charge on any atom is 0.255 e. The number of nitrogens with zero attached hydrogens (tertiary/aromatic N) is 4. The number of hydrogen-bond donors (Lipinski definition) is 0. The van der Waals surface area contributed by atoms with E-state index in [1.807, 2.05) is 11.9 Å². The van der Waals surface area contributed by atoms with Crippen LogP contribution in [0.15, 0.2) is 6.20 Å². The summed E-state index contributed by atoms with van der Waals surface area (Å²) < 4.78 is 18.1. The van der Waals surface area contributed by atoms with Gasteiger partial charge in [0.1, 0.15) is 0 Å². The lowest BCUT2D eigenvalue weighted by Gasteiger charge is -2.25. The molecule has 2 rings (SSSR count). The Bertz CT molecular complexity index is 415. The molecular formula is C12H19FN4O. The molecule has 0 N–H and O–H groups in total. The van der Waals surface area contributed by atoms with E-state index in [-0.39, 0.29) is 5.88 Å². The number of likely N-dealkylation sites (N-methyl/N-ethyl adjacent to an activating group) is 2. The molecule has 1 saturated heterocycles. The lowest BCUT2D eigenvalue weighted by Crippen LogP contribution is -2.37. The molecule has 18 heavy (non-hydrogen) atoms. The second kappa shape index (κ2) is 5.48. The third kappa shape index (κ3) is 2.69. The van der Waals surface area contributed by atoms with Crippen LogP contribution in [0.1, 0.15) is 12.8 Å². The molecule has 1 aromatic heterocycles. The van der Waals surface area contributed by atoms with Crippen LogP contribution in [-0.4, -0.2) is 55.2 Å². The van der Waals surface area contributed by atoms with E-state index in [2.05, 4.69) is 21.9 Å². The predicted octanol–water partition coefficient (Wildman–Crippen LogP) is 1.15. The normalized spacial score (nSPS) is 20.1. The van der Waals surface area contributed by atoms with Crippen LogP contribution >= 0.6 is 0 Å². The van der Waals surface area contributed by atoms with Gasteiger partial charge in [-0.1, -0.05) is 0 Å². The summed E-state index contributed by atoms with van der Waals surface area (Å²) in [5.74, 6) is -0.0483. The summed E-state index contributed by atoms with van der Waals surface area (Å²) in [7, 11) is 5.44. The minimum atomic E-state index is -0.535. The van der Waals surface area contributed by atoms with E-state index in [1.54, 1.807) is 0 Å². The second-order valence-corrected chi connectivity index (χ2v) is 4.68. The fraction of sp³-hybridized carbons (Fsp3) is 0.667. The molecule has 1 fully saturated rings. The van der Waals surface area contributed by atoms with Crippen LogP contribution < -0.4 is 9.64 Å². The maximum absolute atomic E-state index is 13.2. The number of halogens is 1. The summed E-state index contributed by atoms with van der Waals surface area (Å²) in [6, 6.07) is 0.509. The van der Waals surface area contributed by atoms with Crippen molar-refractivity contribution >= 4 is 5.95 Å². The summed E-state index contributed by atoms with van der Waals surface area (Å²) in [6.45, 7) is 1.97. The molecule has 1 aromatic rings. The molecule has 1 aliphatic heterocycles. The van der Waals surface area contributed by atoms with Crippen molar-refractivity contribution in [2.75, 3.05) is 39.2 Å². The average molecular weight is 254 g/mol. The molecular weight excluding hydrogens is 235 g/mol. The predicted molar refractivity (Wildman–Crippen MR) is 67.5 cm³/mol. The summed E-state index contributed by atoms with van der Waals surface area (Å²) in [5.41, 5.74) is 0. The first-order chi connectivity index (χ1) is 8.61. The lowest BCUT2D eigenvalue weighted by molar-refractivity contribution is 0.313. The molecule has 0 bridgehead atoms. The summed E-state index contributed by atoms with van der Waals surface area (Å²) >= 11 is 0. The van der Waals surface area contributed by atoms with Gasteiger partial charge < -0.3 is 14.5 Å². The van der Waals surface area contributed by atoms with E-state index in [4.69, 9.17) is 4.74 Å². The Morgan fingerprint density at radius 1 is 1.61 bits per heavy atom. The fourth-order valence-corrected chi connectivity index (χ4v) is 2.28. The van der Waals surface area contributed by atoms with Gasteiger partial charge in [0.05, 0.1) is 13.3 Å². The average Bonchev–Trinajstić information content (AvgIpc) is 2.75. The molecule has 0 aromatic carbocycles. The zero-order valence-corrected chi connectivity index (χ0v) is 11.1. The van der Waals surface area contributed by atoms with Crippen molar-refractivity contribution in [3.63, 3.8) is 0 Å². The molecule has 0 saturated carbocycles. The Morgan fingerprint density at radius 3 is 3.00 bits per heavy atom. The van der Waals surface area contributed by atoms with Crippen molar-refractivity contribution in [3.05, 3.63) is 12.0 Å². The third-order valence-electron chi connectivity index (χ3n) is 3.39. The number of aromatic nitrogens is 2. The monoisotopic (exact) mass is 254 g/mol. The minimum Gasteiger partial charge on any atom is -0.479 e. The van der Waals surface area contributed by atoms with Gasteiger partial charge in [-0.05, 0) is 26.4 Å². The van der Waals surface area contributed by atoms with Gasteiger partial charge in [-0.2, -0.15) is 9.37 Å². The van der Waals surface area contributed by atoms with Gasteiger partial charge in [0.2, 0.25) is 11.8 Å². The Labute approximate surface area is 107 Å². The van der Waals surface area contributed by atoms with Crippen LogP contribution in [-0.2, 0) is 0 Å². The van der Waals surface area contributed by atoms with Gasteiger partial charge in [-0.25, -0.2) is 4.98 Å². The van der Waals surface area contributed by atoms with E-state index in [0.29, 0.717) is 12.0 Å². The number of likely N-dealkylation sites (tertiary alicyclic amines) is 1. The van der Waals surface area contributed by atoms with Gasteiger partial charge in [0.15, 0.2) is 0 Å². The second-order valence-electron chi connectivity index (χ2n) is 4.68. The van der Waals surface area contributed by atoms with Crippen LogP contribution in [0, 0.1) is 5.82 Å². The van der Waals surface area contributed by atoms with Crippen LogP contribution in [0.25, 0.3) is 0 Å². The zero-order valence-electron chi connectivity index (χ0n) is 11.1. The van der Waals surface area contributed by atoms with Crippen molar-refractivity contribution in [1.82, 2.24) is 14.9 Å². The largest absolute Gasteiger partial charge is 0.479 e. The SMILES string of the molecule is COc1nc(N(C)C[C@@H]2CCCN2C)ncc1F. The molecule has 0 aliphatic carbocycles. The maximum atomic E-state index is 13.2. The standard InChI is InChI=1S/C12H19FN4O/c1-16-6-4-5-9(16)8-17(2)12-14-7-10(13)11(15-12)18-3/h7,9H,4-6,8H2,1-3H3/t9-/m0/s1. The Morgan fingerprint density at radius 2 is 2.39 bits per heavy atom. The number of anilines is 1. The Hall–Kier alpha value is -1.43. The van der Waals surface area contributed by atoms with E-state index >= 15 is 0 Å². The topological polar surface area (TPSA) is 41.5 Å². The summed E-state index contributed by atoms with van der Waals surface area (Å²) in [6.07, 6.45) is 3.55. The summed E-state index contributed by atoms with van der Waals surface area (Å²) in [4.78, 5) is 12.3. The third-order valence-corrected chi connectivity index (χ3v) is 3.39. The number of methoxy groups -OCH3 is 1. The molecule has 6 heteroatoms. The Balaban J connectivity index is 2.06.